The second kappa shape index (κ2) is 6.82. The van der Waals surface area contributed by atoms with Crippen LogP contribution in [-0.2, 0) is 4.74 Å². The Morgan fingerprint density at radius 1 is 1.43 bits per heavy atom. The molecule has 1 fully saturated rings. The largest absolute Gasteiger partial charge is 0.382 e. The molecule has 2 rings (SSSR count). The predicted molar refractivity (Wildman–Crippen MR) is 79.8 cm³/mol. The average molecular weight is 293 g/mol. The van der Waals surface area contributed by atoms with E-state index in [1.54, 1.807) is 0 Å². The summed E-state index contributed by atoms with van der Waals surface area (Å²) in [7, 11) is 0. The minimum Gasteiger partial charge on any atom is -0.382 e. The topological polar surface area (TPSA) is 93.4 Å². The normalized spacial score (nSPS) is 24.5. The molecule has 0 aromatic carbocycles. The molecule has 3 N–H and O–H groups in total. The first kappa shape index (κ1) is 15.7. The molecule has 21 heavy (non-hydrogen) atoms. The second-order valence-corrected chi connectivity index (χ2v) is 5.56. The first-order chi connectivity index (χ1) is 9.97. The lowest BCUT2D eigenvalue weighted by molar-refractivity contribution is -0.0778. The number of hydrogen-bond donors (Lipinski definition) is 2. The molecule has 1 aromatic rings. The van der Waals surface area contributed by atoms with Gasteiger partial charge in [-0.3, -0.25) is 9.69 Å². The summed E-state index contributed by atoms with van der Waals surface area (Å²) in [6.45, 7) is 8.49. The molecule has 1 saturated heterocycles. The Morgan fingerprint density at radius 3 is 2.67 bits per heavy atom. The van der Waals surface area contributed by atoms with Crippen LogP contribution in [0.15, 0.2) is 12.4 Å². The second-order valence-electron chi connectivity index (χ2n) is 5.56. The number of carbonyl (C=O) groups excluding carboxylic acids is 1. The Labute approximate surface area is 124 Å². The maximum atomic E-state index is 12.0. The van der Waals surface area contributed by atoms with E-state index in [-0.39, 0.29) is 35.7 Å². The van der Waals surface area contributed by atoms with E-state index in [1.165, 1.54) is 12.4 Å². The summed E-state index contributed by atoms with van der Waals surface area (Å²) in [5, 5.41) is 2.86. The Bertz CT molecular complexity index is 486. The van der Waals surface area contributed by atoms with Gasteiger partial charge in [-0.25, -0.2) is 9.97 Å². The lowest BCUT2D eigenvalue weighted by atomic mass is 10.1. The van der Waals surface area contributed by atoms with Gasteiger partial charge in [-0.1, -0.05) is 0 Å². The van der Waals surface area contributed by atoms with Gasteiger partial charge in [0.05, 0.1) is 12.2 Å². The van der Waals surface area contributed by atoms with Crippen molar-refractivity contribution in [2.24, 2.45) is 0 Å². The number of nitrogens with two attached hydrogens (primary N) is 1. The molecular weight excluding hydrogens is 270 g/mol. The van der Waals surface area contributed by atoms with E-state index < -0.39 is 0 Å². The van der Waals surface area contributed by atoms with Crippen molar-refractivity contribution in [3.63, 3.8) is 0 Å². The monoisotopic (exact) mass is 293 g/mol. The zero-order chi connectivity index (χ0) is 15.4. The van der Waals surface area contributed by atoms with Crippen molar-refractivity contribution < 1.29 is 9.53 Å². The number of nitrogens with zero attached hydrogens (tertiary/aromatic N) is 3. The summed E-state index contributed by atoms with van der Waals surface area (Å²) in [5.74, 6) is -0.141. The van der Waals surface area contributed by atoms with Crippen LogP contribution in [0.2, 0.25) is 0 Å². The van der Waals surface area contributed by atoms with E-state index in [9.17, 15) is 4.79 Å². The summed E-state index contributed by atoms with van der Waals surface area (Å²) in [6.07, 6.45) is 3.34. The van der Waals surface area contributed by atoms with Crippen LogP contribution >= 0.6 is 0 Å². The third-order valence-electron chi connectivity index (χ3n) is 3.57. The number of aromatic nitrogens is 2. The van der Waals surface area contributed by atoms with E-state index in [4.69, 9.17) is 10.5 Å². The average Bonchev–Trinajstić information content (AvgIpc) is 2.43. The highest BCUT2D eigenvalue weighted by Gasteiger charge is 2.26. The van der Waals surface area contributed by atoms with Crippen LogP contribution in [-0.4, -0.2) is 58.7 Å². The molecule has 1 amide bonds. The number of morpholine rings is 1. The van der Waals surface area contributed by atoms with Gasteiger partial charge < -0.3 is 15.8 Å². The van der Waals surface area contributed by atoms with E-state index in [1.807, 2.05) is 0 Å². The molecule has 7 heteroatoms. The molecule has 3 atom stereocenters. The first-order valence-corrected chi connectivity index (χ1v) is 7.21. The minimum absolute atomic E-state index is 0.149. The van der Waals surface area contributed by atoms with Gasteiger partial charge >= 0.3 is 0 Å². The van der Waals surface area contributed by atoms with E-state index >= 15 is 0 Å². The number of carbonyl (C=O) groups is 1. The molecule has 1 aliphatic heterocycles. The van der Waals surface area contributed by atoms with Crippen LogP contribution in [0.25, 0.3) is 0 Å². The number of nitrogens with one attached hydrogen (secondary N) is 1. The number of anilines is 1. The number of rotatable bonds is 4. The maximum absolute atomic E-state index is 12.0. The van der Waals surface area contributed by atoms with Gasteiger partial charge in [0.25, 0.3) is 5.91 Å². The van der Waals surface area contributed by atoms with Gasteiger partial charge in [-0.15, -0.1) is 0 Å². The number of nitrogen functional groups attached to an aromatic ring is 1. The molecule has 116 valence electrons. The fourth-order valence-corrected chi connectivity index (χ4v) is 2.55. The van der Waals surface area contributed by atoms with Crippen molar-refractivity contribution in [2.75, 3.05) is 25.4 Å². The van der Waals surface area contributed by atoms with Crippen LogP contribution in [0.1, 0.15) is 31.3 Å². The minimum atomic E-state index is -0.290. The van der Waals surface area contributed by atoms with Gasteiger partial charge in [-0.05, 0) is 20.8 Å². The molecule has 0 bridgehead atoms. The van der Waals surface area contributed by atoms with Gasteiger partial charge in [-0.2, -0.15) is 0 Å². The molecule has 0 unspecified atom stereocenters. The molecule has 1 aliphatic rings. The maximum Gasteiger partial charge on any atom is 0.273 e. The Morgan fingerprint density at radius 2 is 2.05 bits per heavy atom. The fraction of sp³-hybridized carbons (Fsp3) is 0.643. The van der Waals surface area contributed by atoms with Crippen LogP contribution in [0.4, 0.5) is 5.82 Å². The van der Waals surface area contributed by atoms with Crippen molar-refractivity contribution in [3.05, 3.63) is 18.1 Å². The summed E-state index contributed by atoms with van der Waals surface area (Å²) in [6, 6.07) is 0.223. The summed E-state index contributed by atoms with van der Waals surface area (Å²) in [4.78, 5) is 22.2. The number of ether oxygens (including phenoxy) is 1. The zero-order valence-corrected chi connectivity index (χ0v) is 12.7. The molecule has 0 radical (unpaired) electrons. The lowest BCUT2D eigenvalue weighted by Gasteiger charge is -2.38. The van der Waals surface area contributed by atoms with E-state index in [0.717, 1.165) is 13.1 Å². The molecule has 0 spiro atoms. The van der Waals surface area contributed by atoms with Crippen LogP contribution in [0.3, 0.4) is 0 Å². The van der Waals surface area contributed by atoms with Gasteiger partial charge in [0, 0.05) is 38.1 Å². The van der Waals surface area contributed by atoms with Gasteiger partial charge in [0.15, 0.2) is 11.5 Å². The smallest absolute Gasteiger partial charge is 0.273 e. The SMILES string of the molecule is C[C@@H]1CN([C@H](C)CNC(=O)c2nccnc2N)C[C@H](C)O1. The third kappa shape index (κ3) is 4.12. The summed E-state index contributed by atoms with van der Waals surface area (Å²) >= 11 is 0. The Kier molecular flexibility index (Phi) is 5.08. The first-order valence-electron chi connectivity index (χ1n) is 7.21. The molecule has 7 nitrogen and oxygen atoms in total. The molecule has 2 heterocycles. The van der Waals surface area contributed by atoms with Gasteiger partial charge in [0.2, 0.25) is 0 Å². The van der Waals surface area contributed by atoms with Gasteiger partial charge in [0.1, 0.15) is 0 Å². The van der Waals surface area contributed by atoms with Crippen LogP contribution in [0.5, 0.6) is 0 Å². The van der Waals surface area contributed by atoms with Crippen molar-refractivity contribution in [3.8, 4) is 0 Å². The summed E-state index contributed by atoms with van der Waals surface area (Å²) < 4.78 is 5.71. The molecule has 0 saturated carbocycles. The molecule has 0 aliphatic carbocycles. The predicted octanol–water partition coefficient (Wildman–Crippen LogP) is 0.286. The van der Waals surface area contributed by atoms with Crippen LogP contribution in [0, 0.1) is 0 Å². The Balaban J connectivity index is 1.87. The van der Waals surface area contributed by atoms with Crippen LogP contribution < -0.4 is 11.1 Å². The lowest BCUT2D eigenvalue weighted by Crippen LogP contribution is -2.52. The Hall–Kier alpha value is -1.73. The van der Waals surface area contributed by atoms with E-state index in [2.05, 4.69) is 41.0 Å². The standard InChI is InChI=1S/C14H23N5O2/c1-9(19-7-10(2)21-11(3)8-19)6-18-14(20)12-13(15)17-5-4-16-12/h4-5,9-11H,6-8H2,1-3H3,(H2,15,17)(H,18,20)/t9-,10-,11+/m1/s1. The number of hydrogen-bond acceptors (Lipinski definition) is 6. The fourth-order valence-electron chi connectivity index (χ4n) is 2.55. The quantitative estimate of drug-likeness (QED) is 0.828. The van der Waals surface area contributed by atoms with Crippen molar-refractivity contribution >= 4 is 11.7 Å². The van der Waals surface area contributed by atoms with Crippen molar-refractivity contribution in [2.45, 2.75) is 39.0 Å². The van der Waals surface area contributed by atoms with E-state index in [0.29, 0.717) is 6.54 Å². The zero-order valence-electron chi connectivity index (χ0n) is 12.7. The molecular formula is C14H23N5O2. The molecule has 1 aromatic heterocycles. The number of amides is 1. The third-order valence-corrected chi connectivity index (χ3v) is 3.57. The van der Waals surface area contributed by atoms with Crippen molar-refractivity contribution in [1.82, 2.24) is 20.2 Å². The van der Waals surface area contributed by atoms with Crippen molar-refractivity contribution in [1.29, 1.82) is 0 Å². The summed E-state index contributed by atoms with van der Waals surface area (Å²) in [5.41, 5.74) is 5.82. The highest BCUT2D eigenvalue weighted by molar-refractivity contribution is 5.96. The highest BCUT2D eigenvalue weighted by Crippen LogP contribution is 2.13. The highest BCUT2D eigenvalue weighted by atomic mass is 16.5.